The van der Waals surface area contributed by atoms with Gasteiger partial charge in [-0.2, -0.15) is 0 Å². The Labute approximate surface area is 105 Å². The molecule has 0 aromatic rings. The van der Waals surface area contributed by atoms with Crippen LogP contribution in [0.2, 0.25) is 0 Å². The minimum atomic E-state index is 0.606. The van der Waals surface area contributed by atoms with Crippen molar-refractivity contribution >= 4 is 11.8 Å². The maximum atomic E-state index is 2.31. The van der Waals surface area contributed by atoms with Gasteiger partial charge in [0.1, 0.15) is 0 Å². The fraction of sp³-hybridized carbons (Fsp3) is 0.600. The molecule has 0 aromatic heterocycles. The highest BCUT2D eigenvalue weighted by Crippen LogP contribution is 2.39. The van der Waals surface area contributed by atoms with Crippen LogP contribution in [-0.4, -0.2) is 0 Å². The maximum absolute atomic E-state index is 2.31. The van der Waals surface area contributed by atoms with Gasteiger partial charge in [0.05, 0.1) is 0 Å². The van der Waals surface area contributed by atoms with Crippen molar-refractivity contribution < 1.29 is 0 Å². The Hall–Kier alpha value is -0.430. The fourth-order valence-corrected chi connectivity index (χ4v) is 3.18. The van der Waals surface area contributed by atoms with Gasteiger partial charge in [-0.25, -0.2) is 0 Å². The van der Waals surface area contributed by atoms with E-state index in [9.17, 15) is 0 Å². The van der Waals surface area contributed by atoms with Gasteiger partial charge in [0.25, 0.3) is 0 Å². The predicted octanol–water partition coefficient (Wildman–Crippen LogP) is 5.40. The average Bonchev–Trinajstić information content (AvgIpc) is 2.38. The Morgan fingerprint density at radius 3 is 1.94 bits per heavy atom. The third-order valence-electron chi connectivity index (χ3n) is 2.85. The Bertz CT molecular complexity index is 327. The van der Waals surface area contributed by atoms with Crippen molar-refractivity contribution in [1.29, 1.82) is 0 Å². The zero-order valence-electron chi connectivity index (χ0n) is 11.4. The summed E-state index contributed by atoms with van der Waals surface area (Å²) in [5.41, 5.74) is 3.08. The molecule has 1 aliphatic rings. The summed E-state index contributed by atoms with van der Waals surface area (Å²) < 4.78 is 0. The lowest BCUT2D eigenvalue weighted by atomic mass is 9.86. The first-order valence-electron chi connectivity index (χ1n) is 6.23. The normalized spacial score (nSPS) is 17.4. The summed E-state index contributed by atoms with van der Waals surface area (Å²) in [4.78, 5) is 1.55. The Kier molecular flexibility index (Phi) is 4.91. The maximum Gasteiger partial charge on any atom is -0.00454 e. The lowest BCUT2D eigenvalue weighted by Gasteiger charge is -2.23. The van der Waals surface area contributed by atoms with Crippen LogP contribution in [-0.2, 0) is 0 Å². The van der Waals surface area contributed by atoms with Crippen molar-refractivity contribution in [2.24, 2.45) is 17.8 Å². The first-order valence-corrected chi connectivity index (χ1v) is 7.10. The molecule has 90 valence electrons. The molecule has 0 saturated carbocycles. The highest BCUT2D eigenvalue weighted by Gasteiger charge is 2.20. The summed E-state index contributed by atoms with van der Waals surface area (Å²) in [5.74, 6) is 1.83. The van der Waals surface area contributed by atoms with E-state index in [1.54, 1.807) is 10.5 Å². The lowest BCUT2D eigenvalue weighted by molar-refractivity contribution is 0.679. The highest BCUT2D eigenvalue weighted by molar-refractivity contribution is 8.05. The molecule has 0 nitrogen and oxygen atoms in total. The molecule has 1 heterocycles. The zero-order chi connectivity index (χ0) is 12.3. The molecule has 16 heavy (non-hydrogen) atoms. The minimum absolute atomic E-state index is 0.606. The summed E-state index contributed by atoms with van der Waals surface area (Å²) >= 11 is 1.90. The van der Waals surface area contributed by atoms with Crippen LogP contribution in [0.1, 0.15) is 41.5 Å². The van der Waals surface area contributed by atoms with Crippen molar-refractivity contribution in [3.63, 3.8) is 0 Å². The van der Waals surface area contributed by atoms with Gasteiger partial charge >= 0.3 is 0 Å². The van der Waals surface area contributed by atoms with Crippen LogP contribution in [0.3, 0.4) is 0 Å². The van der Waals surface area contributed by atoms with E-state index in [1.165, 1.54) is 5.57 Å². The second-order valence-corrected chi connectivity index (χ2v) is 6.26. The van der Waals surface area contributed by atoms with Crippen LogP contribution in [0.4, 0.5) is 0 Å². The fourth-order valence-electron chi connectivity index (χ4n) is 2.12. The molecule has 0 fully saturated rings. The van der Waals surface area contributed by atoms with Gasteiger partial charge in [-0.1, -0.05) is 53.7 Å². The smallest absolute Gasteiger partial charge is 0.00454 e. The zero-order valence-corrected chi connectivity index (χ0v) is 12.2. The van der Waals surface area contributed by atoms with Gasteiger partial charge in [-0.15, -0.1) is 11.8 Å². The summed E-state index contributed by atoms with van der Waals surface area (Å²) in [6.45, 7) is 13.8. The van der Waals surface area contributed by atoms with Crippen LogP contribution in [0.25, 0.3) is 0 Å². The van der Waals surface area contributed by atoms with E-state index < -0.39 is 0 Å². The van der Waals surface area contributed by atoms with Crippen molar-refractivity contribution in [3.8, 4) is 0 Å². The van der Waals surface area contributed by atoms with Gasteiger partial charge in [0.2, 0.25) is 0 Å². The number of hydrogen-bond donors (Lipinski definition) is 0. The summed E-state index contributed by atoms with van der Waals surface area (Å²) in [6.07, 6.45) is 4.49. The number of allylic oxidation sites excluding steroid dienone is 5. The second-order valence-electron chi connectivity index (χ2n) is 5.31. The molecule has 0 aliphatic carbocycles. The molecule has 0 radical (unpaired) electrons. The molecule has 0 spiro atoms. The lowest BCUT2D eigenvalue weighted by Crippen LogP contribution is -2.08. The molecule has 1 heteroatoms. The SMILES string of the molecule is CC(C)C1=CC=CSC(C(C)C)=C1C(C)C. The standard InChI is InChI=1S/C15H24S/c1-10(2)13-8-7-9-16-15(12(5)6)14(13)11(3)4/h7-12H,1-6H3. The monoisotopic (exact) mass is 236 g/mol. The van der Waals surface area contributed by atoms with Gasteiger partial charge in [-0.3, -0.25) is 0 Å². The Morgan fingerprint density at radius 2 is 1.50 bits per heavy atom. The van der Waals surface area contributed by atoms with E-state index in [2.05, 4.69) is 59.1 Å². The van der Waals surface area contributed by atoms with Crippen LogP contribution < -0.4 is 0 Å². The van der Waals surface area contributed by atoms with Crippen molar-refractivity contribution in [1.82, 2.24) is 0 Å². The molecule has 0 bridgehead atoms. The molecule has 1 rings (SSSR count). The van der Waals surface area contributed by atoms with Crippen molar-refractivity contribution in [2.45, 2.75) is 41.5 Å². The van der Waals surface area contributed by atoms with E-state index in [0.717, 1.165) is 0 Å². The molecule has 0 aromatic carbocycles. The van der Waals surface area contributed by atoms with Gasteiger partial charge in [0.15, 0.2) is 0 Å². The first-order chi connectivity index (χ1) is 7.45. The topological polar surface area (TPSA) is 0 Å². The quantitative estimate of drug-likeness (QED) is 0.632. The third-order valence-corrected chi connectivity index (χ3v) is 4.09. The summed E-state index contributed by atoms with van der Waals surface area (Å²) in [5, 5.41) is 2.22. The largest absolute Gasteiger partial charge is 0.102 e. The van der Waals surface area contributed by atoms with Crippen LogP contribution in [0.5, 0.6) is 0 Å². The summed E-state index contributed by atoms with van der Waals surface area (Å²) in [6, 6.07) is 0. The van der Waals surface area contributed by atoms with Crippen LogP contribution in [0.15, 0.2) is 33.6 Å². The average molecular weight is 236 g/mol. The van der Waals surface area contributed by atoms with E-state index in [-0.39, 0.29) is 0 Å². The molecule has 0 atom stereocenters. The van der Waals surface area contributed by atoms with E-state index >= 15 is 0 Å². The van der Waals surface area contributed by atoms with Crippen molar-refractivity contribution in [3.05, 3.63) is 33.6 Å². The molecular weight excluding hydrogens is 212 g/mol. The molecule has 0 unspecified atom stereocenters. The Balaban J connectivity index is 3.29. The van der Waals surface area contributed by atoms with Crippen molar-refractivity contribution in [2.75, 3.05) is 0 Å². The first kappa shape index (κ1) is 13.6. The summed E-state index contributed by atoms with van der Waals surface area (Å²) in [7, 11) is 0. The van der Waals surface area contributed by atoms with Gasteiger partial charge in [0, 0.05) is 0 Å². The molecular formula is C15H24S. The van der Waals surface area contributed by atoms with Crippen LogP contribution in [0, 0.1) is 17.8 Å². The van der Waals surface area contributed by atoms with E-state index in [1.807, 2.05) is 11.8 Å². The minimum Gasteiger partial charge on any atom is -0.102 e. The van der Waals surface area contributed by atoms with Gasteiger partial charge < -0.3 is 0 Å². The number of hydrogen-bond acceptors (Lipinski definition) is 1. The van der Waals surface area contributed by atoms with E-state index in [4.69, 9.17) is 0 Å². The molecule has 0 amide bonds. The highest BCUT2D eigenvalue weighted by atomic mass is 32.2. The second kappa shape index (κ2) is 5.77. The van der Waals surface area contributed by atoms with Crippen LogP contribution >= 0.6 is 11.8 Å². The molecule has 1 aliphatic heterocycles. The predicted molar refractivity (Wildman–Crippen MR) is 76.4 cm³/mol. The Morgan fingerprint density at radius 1 is 0.875 bits per heavy atom. The number of thioether (sulfide) groups is 1. The van der Waals surface area contributed by atoms with Gasteiger partial charge in [-0.05, 0) is 39.2 Å². The molecule has 0 N–H and O–H groups in total. The number of rotatable bonds is 3. The van der Waals surface area contributed by atoms with E-state index in [0.29, 0.717) is 17.8 Å². The third kappa shape index (κ3) is 3.04. The molecule has 0 saturated heterocycles.